The third kappa shape index (κ3) is 2.87. The van der Waals surface area contributed by atoms with Crippen molar-refractivity contribution >= 4 is 28.9 Å². The Morgan fingerprint density at radius 3 is 3.09 bits per heavy atom. The van der Waals surface area contributed by atoms with Crippen LogP contribution in [0.5, 0.6) is 5.75 Å². The highest BCUT2D eigenvalue weighted by molar-refractivity contribution is 6.32. The number of cyclic esters (lactones) is 1. The fraction of sp³-hybridized carbons (Fsp3) is 0.478. The molecule has 4 fully saturated rings. The lowest BCUT2D eigenvalue weighted by atomic mass is 9.68. The van der Waals surface area contributed by atoms with Gasteiger partial charge in [-0.3, -0.25) is 14.9 Å². The second-order valence-corrected chi connectivity index (χ2v) is 9.26. The molecule has 9 nitrogen and oxygen atoms in total. The van der Waals surface area contributed by atoms with Gasteiger partial charge in [-0.25, -0.2) is 4.79 Å². The van der Waals surface area contributed by atoms with Gasteiger partial charge in [-0.05, 0) is 42.7 Å². The average Bonchev–Trinajstić information content (AvgIpc) is 3.39. The molecule has 4 aliphatic heterocycles. The minimum atomic E-state index is -0.381. The standard InChI is InChI=1S/C23H25N5O4/c1-14(20(27-24)8-26-22-10-23(11-22)13-31-21(29)28(23)12-22)32-16-2-3-19-18(6-16)17-4-5-30-9-15(17)7-25-19/h2-3,6-8,14H,4-5,9-13,24H2,1H3/b26-8?,27-20+. The summed E-state index contributed by atoms with van der Waals surface area (Å²) in [4.78, 5) is 23.0. The number of carbonyl (C=O) groups is 1. The fourth-order valence-corrected chi connectivity index (χ4v) is 5.61. The second kappa shape index (κ2) is 6.90. The molecule has 7 rings (SSSR count). The predicted octanol–water partition coefficient (Wildman–Crippen LogP) is 2.20. The van der Waals surface area contributed by atoms with Crippen LogP contribution in [-0.2, 0) is 22.5 Å². The molecule has 5 aliphatic rings. The molecule has 1 aliphatic carbocycles. The van der Waals surface area contributed by atoms with Crippen molar-refractivity contribution in [3.63, 3.8) is 0 Å². The number of hydrazone groups is 1. The minimum absolute atomic E-state index is 0.153. The highest BCUT2D eigenvalue weighted by Crippen LogP contribution is 2.58. The molecule has 166 valence electrons. The van der Waals surface area contributed by atoms with Gasteiger partial charge in [0.25, 0.3) is 0 Å². The third-order valence-electron chi connectivity index (χ3n) is 7.17. The molecule has 1 saturated carbocycles. The van der Waals surface area contributed by atoms with Gasteiger partial charge < -0.3 is 20.1 Å². The van der Waals surface area contributed by atoms with Gasteiger partial charge in [0.2, 0.25) is 0 Å². The Morgan fingerprint density at radius 1 is 1.41 bits per heavy atom. The van der Waals surface area contributed by atoms with Gasteiger partial charge in [0.1, 0.15) is 24.2 Å². The number of ether oxygens (including phenoxy) is 3. The van der Waals surface area contributed by atoms with E-state index in [1.165, 1.54) is 5.56 Å². The molecule has 0 radical (unpaired) electrons. The van der Waals surface area contributed by atoms with E-state index >= 15 is 0 Å². The normalized spacial score (nSPS) is 29.6. The van der Waals surface area contributed by atoms with Crippen molar-refractivity contribution < 1.29 is 19.0 Å². The second-order valence-electron chi connectivity index (χ2n) is 9.26. The molecule has 1 atom stereocenters. The number of aromatic nitrogens is 1. The molecule has 3 saturated heterocycles. The largest absolute Gasteiger partial charge is 0.484 e. The molecule has 5 heterocycles. The SMILES string of the molecule is CC(Oc1ccc2ncc3c(c2c1)CCOC3)/C(C=NC12CN3C(=O)OCC3(C1)C2)=N/N. The van der Waals surface area contributed by atoms with Crippen molar-refractivity contribution in [3.8, 4) is 5.75 Å². The Bertz CT molecular complexity index is 1170. The molecule has 9 heteroatoms. The van der Waals surface area contributed by atoms with Gasteiger partial charge in [-0.2, -0.15) is 5.10 Å². The minimum Gasteiger partial charge on any atom is -0.484 e. The molecule has 1 amide bonds. The van der Waals surface area contributed by atoms with E-state index in [9.17, 15) is 4.79 Å². The van der Waals surface area contributed by atoms with Crippen LogP contribution >= 0.6 is 0 Å². The summed E-state index contributed by atoms with van der Waals surface area (Å²) in [5, 5.41) is 5.01. The first-order chi connectivity index (χ1) is 15.5. The molecule has 1 aromatic heterocycles. The number of hydrogen-bond acceptors (Lipinski definition) is 8. The number of aliphatic imine (C=N–C) groups is 1. The molecule has 1 spiro atoms. The zero-order chi connectivity index (χ0) is 21.9. The van der Waals surface area contributed by atoms with Crippen LogP contribution < -0.4 is 10.6 Å². The fourth-order valence-electron chi connectivity index (χ4n) is 5.61. The highest BCUT2D eigenvalue weighted by Gasteiger charge is 2.70. The summed E-state index contributed by atoms with van der Waals surface area (Å²) >= 11 is 0. The Balaban J connectivity index is 1.19. The molecular formula is C23H25N5O4. The molecule has 2 aromatic rings. The number of pyridine rings is 1. The zero-order valence-electron chi connectivity index (χ0n) is 17.9. The first-order valence-electron chi connectivity index (χ1n) is 10.9. The van der Waals surface area contributed by atoms with E-state index in [0.717, 1.165) is 41.5 Å². The molecule has 1 unspecified atom stereocenters. The Morgan fingerprint density at radius 2 is 2.28 bits per heavy atom. The van der Waals surface area contributed by atoms with Gasteiger partial charge in [-0.1, -0.05) is 0 Å². The third-order valence-corrected chi connectivity index (χ3v) is 7.17. The van der Waals surface area contributed by atoms with E-state index in [1.54, 1.807) is 6.21 Å². The van der Waals surface area contributed by atoms with Crippen LogP contribution in [0.25, 0.3) is 10.9 Å². The van der Waals surface area contributed by atoms with Crippen molar-refractivity contribution in [2.45, 2.75) is 50.0 Å². The first-order valence-corrected chi connectivity index (χ1v) is 10.9. The maximum absolute atomic E-state index is 11.9. The smallest absolute Gasteiger partial charge is 0.410 e. The van der Waals surface area contributed by atoms with Crippen molar-refractivity contribution in [1.82, 2.24) is 9.88 Å². The summed E-state index contributed by atoms with van der Waals surface area (Å²) in [7, 11) is 0. The quantitative estimate of drug-likeness (QED) is 0.438. The Labute approximate surface area is 185 Å². The summed E-state index contributed by atoms with van der Waals surface area (Å²) in [6.07, 6.45) is 5.49. The van der Waals surface area contributed by atoms with E-state index in [-0.39, 0.29) is 23.3 Å². The molecule has 1 aromatic carbocycles. The van der Waals surface area contributed by atoms with Crippen LogP contribution in [0, 0.1) is 0 Å². The van der Waals surface area contributed by atoms with Crippen molar-refractivity contribution in [1.29, 1.82) is 0 Å². The maximum atomic E-state index is 11.9. The zero-order valence-corrected chi connectivity index (χ0v) is 17.9. The van der Waals surface area contributed by atoms with E-state index < -0.39 is 0 Å². The molecule has 2 N–H and O–H groups in total. The highest BCUT2D eigenvalue weighted by atomic mass is 16.6. The Hall–Kier alpha value is -3.20. The number of hydrogen-bond donors (Lipinski definition) is 1. The van der Waals surface area contributed by atoms with Crippen molar-refractivity contribution in [3.05, 3.63) is 35.5 Å². The summed E-state index contributed by atoms with van der Waals surface area (Å²) < 4.78 is 16.9. The van der Waals surface area contributed by atoms with Crippen LogP contribution in [0.15, 0.2) is 34.5 Å². The van der Waals surface area contributed by atoms with Gasteiger partial charge in [0, 0.05) is 30.6 Å². The number of carbonyl (C=O) groups excluding carboxylic acids is 1. The van der Waals surface area contributed by atoms with Crippen molar-refractivity contribution in [2.75, 3.05) is 19.8 Å². The number of nitrogens with two attached hydrogens (primary N) is 1. The lowest BCUT2D eigenvalue weighted by Crippen LogP contribution is -2.51. The summed E-state index contributed by atoms with van der Waals surface area (Å²) in [5.74, 6) is 6.40. The number of rotatable bonds is 5. The van der Waals surface area contributed by atoms with Gasteiger partial charge >= 0.3 is 6.09 Å². The van der Waals surface area contributed by atoms with Gasteiger partial charge in [-0.15, -0.1) is 0 Å². The topological polar surface area (TPSA) is 112 Å². The van der Waals surface area contributed by atoms with Gasteiger partial charge in [0.05, 0.1) is 36.4 Å². The monoisotopic (exact) mass is 435 g/mol. The predicted molar refractivity (Wildman–Crippen MR) is 118 cm³/mol. The van der Waals surface area contributed by atoms with E-state index in [4.69, 9.17) is 25.0 Å². The van der Waals surface area contributed by atoms with Crippen LogP contribution in [0.2, 0.25) is 0 Å². The average molecular weight is 435 g/mol. The number of nitrogens with zero attached hydrogens (tertiary/aromatic N) is 4. The van der Waals surface area contributed by atoms with Crippen LogP contribution in [0.1, 0.15) is 30.9 Å². The summed E-state index contributed by atoms with van der Waals surface area (Å²) in [6.45, 7) is 4.26. The molecule has 2 bridgehead atoms. The van der Waals surface area contributed by atoms with Crippen LogP contribution in [0.3, 0.4) is 0 Å². The van der Waals surface area contributed by atoms with Crippen LogP contribution in [0.4, 0.5) is 4.79 Å². The van der Waals surface area contributed by atoms with E-state index in [1.807, 2.05) is 36.2 Å². The Kier molecular flexibility index (Phi) is 4.20. The summed E-state index contributed by atoms with van der Waals surface area (Å²) in [5.41, 5.74) is 3.48. The number of fused-ring (bicyclic) bond motifs is 3. The first kappa shape index (κ1) is 19.5. The van der Waals surface area contributed by atoms with Gasteiger partial charge in [0.15, 0.2) is 0 Å². The number of amides is 1. The van der Waals surface area contributed by atoms with E-state index in [2.05, 4.69) is 10.1 Å². The lowest BCUT2D eigenvalue weighted by molar-refractivity contribution is 0.111. The van der Waals surface area contributed by atoms with Crippen LogP contribution in [-0.4, -0.2) is 64.8 Å². The number of benzene rings is 1. The summed E-state index contributed by atoms with van der Waals surface area (Å²) in [6, 6.07) is 5.91. The van der Waals surface area contributed by atoms with E-state index in [0.29, 0.717) is 32.1 Å². The molecular weight excluding hydrogens is 410 g/mol. The maximum Gasteiger partial charge on any atom is 0.410 e. The lowest BCUT2D eigenvalue weighted by Gasteiger charge is -2.41. The van der Waals surface area contributed by atoms with Crippen molar-refractivity contribution in [2.24, 2.45) is 15.9 Å². The molecule has 32 heavy (non-hydrogen) atoms.